The number of thioether (sulfide) groups is 1. The number of sulfonamides is 1. The number of hydrogen-bond acceptors (Lipinski definition) is 4. The van der Waals surface area contributed by atoms with Gasteiger partial charge in [-0.25, -0.2) is 8.42 Å². The summed E-state index contributed by atoms with van der Waals surface area (Å²) in [5, 5.41) is 3.70. The van der Waals surface area contributed by atoms with Gasteiger partial charge in [-0.2, -0.15) is 11.8 Å². The number of carbonyl (C=O) groups excluding carboxylic acids is 1. The molecule has 0 heterocycles. The maximum Gasteiger partial charge on any atom is 0.240 e. The van der Waals surface area contributed by atoms with Crippen molar-refractivity contribution in [1.82, 2.24) is 5.32 Å². The van der Waals surface area contributed by atoms with Crippen molar-refractivity contribution < 1.29 is 13.2 Å². The lowest BCUT2D eigenvalue weighted by atomic mass is 10.2. The Hall–Kier alpha value is -1.41. The standard InChI is InChI=1S/C18H20Cl2N2O3S2/c1-27(24,25)22(17-8-3-2-7-16(17)20)12-18(23)21-9-10-26-13-14-5-4-6-15(19)11-14/h2-8,11H,9-10,12-13H2,1H3,(H,21,23). The first-order valence-electron chi connectivity index (χ1n) is 8.08. The van der Waals surface area contributed by atoms with Gasteiger partial charge in [0.2, 0.25) is 15.9 Å². The van der Waals surface area contributed by atoms with Crippen LogP contribution < -0.4 is 9.62 Å². The highest BCUT2D eigenvalue weighted by Crippen LogP contribution is 2.26. The minimum absolute atomic E-state index is 0.271. The lowest BCUT2D eigenvalue weighted by Gasteiger charge is -2.22. The lowest BCUT2D eigenvalue weighted by Crippen LogP contribution is -2.41. The average molecular weight is 447 g/mol. The molecule has 9 heteroatoms. The highest BCUT2D eigenvalue weighted by atomic mass is 35.5. The van der Waals surface area contributed by atoms with Crippen molar-refractivity contribution in [2.45, 2.75) is 5.75 Å². The third-order valence-electron chi connectivity index (χ3n) is 3.54. The highest BCUT2D eigenvalue weighted by molar-refractivity contribution is 7.98. The SMILES string of the molecule is CS(=O)(=O)N(CC(=O)NCCSCc1cccc(Cl)c1)c1ccccc1Cl. The topological polar surface area (TPSA) is 66.5 Å². The smallest absolute Gasteiger partial charge is 0.240 e. The van der Waals surface area contributed by atoms with Crippen LogP contribution >= 0.6 is 35.0 Å². The number of anilines is 1. The first-order valence-corrected chi connectivity index (χ1v) is 11.8. The molecule has 5 nitrogen and oxygen atoms in total. The minimum Gasteiger partial charge on any atom is -0.354 e. The van der Waals surface area contributed by atoms with Gasteiger partial charge >= 0.3 is 0 Å². The Morgan fingerprint density at radius 3 is 2.56 bits per heavy atom. The van der Waals surface area contributed by atoms with E-state index in [1.165, 1.54) is 0 Å². The summed E-state index contributed by atoms with van der Waals surface area (Å²) in [4.78, 5) is 12.2. The van der Waals surface area contributed by atoms with E-state index in [1.54, 1.807) is 36.0 Å². The van der Waals surface area contributed by atoms with Crippen LogP contribution in [0.2, 0.25) is 10.0 Å². The molecule has 0 aliphatic rings. The molecule has 0 saturated carbocycles. The molecule has 0 fully saturated rings. The zero-order valence-electron chi connectivity index (χ0n) is 14.7. The number of rotatable bonds is 9. The zero-order chi connectivity index (χ0) is 19.9. The summed E-state index contributed by atoms with van der Waals surface area (Å²) in [5.74, 6) is 1.10. The third-order valence-corrected chi connectivity index (χ3v) is 6.25. The fraction of sp³-hybridized carbons (Fsp3) is 0.278. The van der Waals surface area contributed by atoms with Crippen LogP contribution in [0.1, 0.15) is 5.56 Å². The zero-order valence-corrected chi connectivity index (χ0v) is 17.8. The maximum atomic E-state index is 12.2. The first kappa shape index (κ1) is 21.9. The molecule has 0 aliphatic heterocycles. The summed E-state index contributed by atoms with van der Waals surface area (Å²) < 4.78 is 25.1. The Balaban J connectivity index is 1.83. The van der Waals surface area contributed by atoms with Gasteiger partial charge in [0.25, 0.3) is 0 Å². The van der Waals surface area contributed by atoms with Crippen LogP contribution in [0, 0.1) is 0 Å². The van der Waals surface area contributed by atoms with Gasteiger partial charge in [-0.05, 0) is 29.8 Å². The second kappa shape index (κ2) is 10.2. The molecule has 27 heavy (non-hydrogen) atoms. The second-order valence-electron chi connectivity index (χ2n) is 5.75. The Bertz CT molecular complexity index is 892. The van der Waals surface area contributed by atoms with E-state index in [2.05, 4.69) is 5.32 Å². The Kier molecular flexibility index (Phi) is 8.28. The molecule has 0 radical (unpaired) electrons. The number of para-hydroxylation sites is 1. The van der Waals surface area contributed by atoms with Crippen molar-refractivity contribution in [3.8, 4) is 0 Å². The number of hydrogen-bond donors (Lipinski definition) is 1. The predicted molar refractivity (Wildman–Crippen MR) is 114 cm³/mol. The van der Waals surface area contributed by atoms with Gasteiger partial charge in [-0.3, -0.25) is 9.10 Å². The number of nitrogens with zero attached hydrogens (tertiary/aromatic N) is 1. The third kappa shape index (κ3) is 7.25. The molecule has 2 aromatic rings. The predicted octanol–water partition coefficient (Wildman–Crippen LogP) is 3.81. The molecule has 0 aromatic heterocycles. The van der Waals surface area contributed by atoms with Crippen molar-refractivity contribution in [3.63, 3.8) is 0 Å². The van der Waals surface area contributed by atoms with E-state index in [1.807, 2.05) is 24.3 Å². The van der Waals surface area contributed by atoms with Gasteiger partial charge in [0.1, 0.15) is 6.54 Å². The van der Waals surface area contributed by atoms with Crippen LogP contribution in [-0.4, -0.2) is 39.4 Å². The van der Waals surface area contributed by atoms with Gasteiger partial charge in [0, 0.05) is 23.1 Å². The van der Waals surface area contributed by atoms with Crippen molar-refractivity contribution in [2.75, 3.05) is 29.4 Å². The van der Waals surface area contributed by atoms with E-state index in [-0.39, 0.29) is 23.2 Å². The van der Waals surface area contributed by atoms with E-state index < -0.39 is 10.0 Å². The molecule has 0 spiro atoms. The largest absolute Gasteiger partial charge is 0.354 e. The molecular weight excluding hydrogens is 427 g/mol. The van der Waals surface area contributed by atoms with Crippen LogP contribution in [0.15, 0.2) is 48.5 Å². The molecule has 2 aromatic carbocycles. The van der Waals surface area contributed by atoms with Gasteiger partial charge < -0.3 is 5.32 Å². The summed E-state index contributed by atoms with van der Waals surface area (Å²) in [6.07, 6.45) is 1.05. The van der Waals surface area contributed by atoms with E-state index in [0.717, 1.165) is 21.9 Å². The number of halogens is 2. The van der Waals surface area contributed by atoms with E-state index in [4.69, 9.17) is 23.2 Å². The summed E-state index contributed by atoms with van der Waals surface area (Å²) in [6, 6.07) is 14.1. The molecule has 1 amide bonds. The van der Waals surface area contributed by atoms with Crippen LogP contribution in [0.25, 0.3) is 0 Å². The van der Waals surface area contributed by atoms with E-state index in [0.29, 0.717) is 17.3 Å². The lowest BCUT2D eigenvalue weighted by molar-refractivity contribution is -0.119. The number of carbonyl (C=O) groups is 1. The Morgan fingerprint density at radius 2 is 1.89 bits per heavy atom. The number of benzene rings is 2. The van der Waals surface area contributed by atoms with Gasteiger partial charge in [-0.1, -0.05) is 47.5 Å². The second-order valence-corrected chi connectivity index (χ2v) is 9.61. The molecule has 0 bridgehead atoms. The highest BCUT2D eigenvalue weighted by Gasteiger charge is 2.22. The van der Waals surface area contributed by atoms with E-state index in [9.17, 15) is 13.2 Å². The summed E-state index contributed by atoms with van der Waals surface area (Å²) >= 11 is 13.7. The van der Waals surface area contributed by atoms with Crippen molar-refractivity contribution >= 4 is 56.6 Å². The quantitative estimate of drug-likeness (QED) is 0.594. The first-order chi connectivity index (χ1) is 12.8. The fourth-order valence-corrected chi connectivity index (χ4v) is 4.48. The molecule has 146 valence electrons. The molecular formula is C18H20Cl2N2O3S2. The molecule has 0 atom stereocenters. The van der Waals surface area contributed by atoms with Crippen LogP contribution in [0.5, 0.6) is 0 Å². The monoisotopic (exact) mass is 446 g/mol. The summed E-state index contributed by atoms with van der Waals surface area (Å²) in [7, 11) is -3.64. The Labute approximate surface area is 174 Å². The summed E-state index contributed by atoms with van der Waals surface area (Å²) in [6.45, 7) is 0.117. The molecule has 0 saturated heterocycles. The van der Waals surface area contributed by atoms with Gasteiger partial charge in [-0.15, -0.1) is 0 Å². The van der Waals surface area contributed by atoms with Crippen LogP contribution in [-0.2, 0) is 20.6 Å². The molecule has 0 aliphatic carbocycles. The minimum atomic E-state index is -3.64. The Morgan fingerprint density at radius 1 is 1.15 bits per heavy atom. The molecule has 0 unspecified atom stereocenters. The maximum absolute atomic E-state index is 12.2. The normalized spacial score (nSPS) is 11.2. The van der Waals surface area contributed by atoms with Crippen LogP contribution in [0.4, 0.5) is 5.69 Å². The van der Waals surface area contributed by atoms with Crippen molar-refractivity contribution in [3.05, 3.63) is 64.1 Å². The van der Waals surface area contributed by atoms with Crippen LogP contribution in [0.3, 0.4) is 0 Å². The van der Waals surface area contributed by atoms with Crippen molar-refractivity contribution in [1.29, 1.82) is 0 Å². The number of amides is 1. The molecule has 2 rings (SSSR count). The van der Waals surface area contributed by atoms with Gasteiger partial charge in [0.05, 0.1) is 17.0 Å². The average Bonchev–Trinajstić information content (AvgIpc) is 2.59. The van der Waals surface area contributed by atoms with E-state index >= 15 is 0 Å². The summed E-state index contributed by atoms with van der Waals surface area (Å²) in [5.41, 5.74) is 1.40. The number of nitrogens with one attached hydrogen (secondary N) is 1. The van der Waals surface area contributed by atoms with Crippen molar-refractivity contribution in [2.24, 2.45) is 0 Å². The van der Waals surface area contributed by atoms with Gasteiger partial charge in [0.15, 0.2) is 0 Å². The molecule has 1 N–H and O–H groups in total. The fourth-order valence-electron chi connectivity index (χ4n) is 2.30.